The predicted octanol–water partition coefficient (Wildman–Crippen LogP) is 1.44. The summed E-state index contributed by atoms with van der Waals surface area (Å²) in [6.07, 6.45) is 3.28. The molecule has 2 N–H and O–H groups in total. The van der Waals surface area contributed by atoms with Gasteiger partial charge < -0.3 is 15.5 Å². The molecule has 7 heteroatoms. The number of carbonyl (C=O) groups is 2. The van der Waals surface area contributed by atoms with Crippen molar-refractivity contribution >= 4 is 17.8 Å². The molecule has 1 aliphatic rings. The zero-order valence-corrected chi connectivity index (χ0v) is 14.1. The average molecular weight is 339 g/mol. The molecule has 1 aromatic carbocycles. The Kier molecular flexibility index (Phi) is 5.23. The fraction of sp³-hybridized carbons (Fsp3) is 0.333. The molecule has 7 nitrogen and oxygen atoms in total. The fourth-order valence-electron chi connectivity index (χ4n) is 2.79. The van der Waals surface area contributed by atoms with Crippen LogP contribution in [0.25, 0.3) is 0 Å². The number of likely N-dealkylation sites (tertiary alicyclic amines) is 1. The molecule has 1 saturated heterocycles. The molecule has 1 fully saturated rings. The van der Waals surface area contributed by atoms with Gasteiger partial charge in [0, 0.05) is 38.4 Å². The Morgan fingerprint density at radius 1 is 1.24 bits per heavy atom. The van der Waals surface area contributed by atoms with Gasteiger partial charge in [0.1, 0.15) is 0 Å². The van der Waals surface area contributed by atoms with Gasteiger partial charge in [-0.25, -0.2) is 9.97 Å². The summed E-state index contributed by atoms with van der Waals surface area (Å²) in [5.74, 6) is 0.277. The van der Waals surface area contributed by atoms with Crippen LogP contribution < -0.4 is 10.6 Å². The van der Waals surface area contributed by atoms with E-state index in [1.54, 1.807) is 4.90 Å². The molecule has 0 unspecified atom stereocenters. The van der Waals surface area contributed by atoms with Crippen LogP contribution in [0.3, 0.4) is 0 Å². The third-order valence-electron chi connectivity index (χ3n) is 4.01. The molecule has 0 spiro atoms. The van der Waals surface area contributed by atoms with Crippen LogP contribution in [0.2, 0.25) is 0 Å². The first-order valence-corrected chi connectivity index (χ1v) is 8.34. The first-order valence-electron chi connectivity index (χ1n) is 8.34. The minimum absolute atomic E-state index is 0.0490. The molecule has 1 atom stereocenters. The van der Waals surface area contributed by atoms with E-state index in [-0.39, 0.29) is 17.9 Å². The molecular weight excluding hydrogens is 318 g/mol. The minimum atomic E-state index is -0.262. The third-order valence-corrected chi connectivity index (χ3v) is 4.01. The Morgan fingerprint density at radius 3 is 2.64 bits per heavy atom. The van der Waals surface area contributed by atoms with Crippen LogP contribution in [-0.4, -0.2) is 45.8 Å². The average Bonchev–Trinajstić information content (AvgIpc) is 2.96. The van der Waals surface area contributed by atoms with Gasteiger partial charge in [0.05, 0.1) is 11.6 Å². The van der Waals surface area contributed by atoms with Crippen molar-refractivity contribution in [2.24, 2.45) is 0 Å². The molecule has 0 bridgehead atoms. The Balaban J connectivity index is 1.56. The number of amides is 2. The number of rotatable bonds is 6. The summed E-state index contributed by atoms with van der Waals surface area (Å²) in [7, 11) is 0. The number of carbonyl (C=O) groups excluding carboxylic acids is 2. The molecule has 2 aromatic rings. The lowest BCUT2D eigenvalue weighted by Crippen LogP contribution is -2.37. The molecule has 2 heterocycles. The van der Waals surface area contributed by atoms with Crippen LogP contribution in [0.15, 0.2) is 42.7 Å². The molecule has 0 aliphatic carbocycles. The summed E-state index contributed by atoms with van der Waals surface area (Å²) in [4.78, 5) is 34.4. The Bertz CT molecular complexity index is 733. The van der Waals surface area contributed by atoms with Gasteiger partial charge in [0.15, 0.2) is 0 Å². The fourth-order valence-corrected chi connectivity index (χ4v) is 2.79. The van der Waals surface area contributed by atoms with Crippen molar-refractivity contribution in [1.82, 2.24) is 20.2 Å². The molecule has 25 heavy (non-hydrogen) atoms. The van der Waals surface area contributed by atoms with Gasteiger partial charge in [-0.1, -0.05) is 30.3 Å². The van der Waals surface area contributed by atoms with Gasteiger partial charge in [-0.05, 0) is 12.5 Å². The number of hydrogen-bond acceptors (Lipinski definition) is 5. The maximum absolute atomic E-state index is 12.3. The lowest BCUT2D eigenvalue weighted by atomic mass is 10.2. The lowest BCUT2D eigenvalue weighted by molar-refractivity contribution is -0.128. The Hall–Kier alpha value is -2.96. The van der Waals surface area contributed by atoms with Crippen molar-refractivity contribution in [3.63, 3.8) is 0 Å². The molecule has 130 valence electrons. The maximum Gasteiger partial charge on any atom is 0.254 e. The van der Waals surface area contributed by atoms with E-state index in [9.17, 15) is 9.59 Å². The summed E-state index contributed by atoms with van der Waals surface area (Å²) < 4.78 is 0. The SMILES string of the molecule is CCNc1ncc(C(=O)N[C@H]2CC(=O)N(Cc3ccccc3)C2)cn1. The van der Waals surface area contributed by atoms with Crippen molar-refractivity contribution in [2.75, 3.05) is 18.4 Å². The van der Waals surface area contributed by atoms with Crippen LogP contribution in [0.1, 0.15) is 29.3 Å². The van der Waals surface area contributed by atoms with Gasteiger partial charge in [-0.2, -0.15) is 0 Å². The monoisotopic (exact) mass is 339 g/mol. The number of aromatic nitrogens is 2. The Morgan fingerprint density at radius 2 is 1.96 bits per heavy atom. The van der Waals surface area contributed by atoms with Gasteiger partial charge in [0.2, 0.25) is 11.9 Å². The van der Waals surface area contributed by atoms with Crippen molar-refractivity contribution in [3.8, 4) is 0 Å². The Labute approximate surface area is 146 Å². The molecule has 1 aliphatic heterocycles. The quantitative estimate of drug-likeness (QED) is 0.831. The third kappa shape index (κ3) is 4.32. The number of nitrogens with zero attached hydrogens (tertiary/aromatic N) is 3. The topological polar surface area (TPSA) is 87.2 Å². The number of benzene rings is 1. The summed E-state index contributed by atoms with van der Waals surface area (Å²) in [6.45, 7) is 3.73. The second-order valence-electron chi connectivity index (χ2n) is 5.96. The predicted molar refractivity (Wildman–Crippen MR) is 93.9 cm³/mol. The maximum atomic E-state index is 12.3. The van der Waals surface area contributed by atoms with Gasteiger partial charge in [-0.3, -0.25) is 9.59 Å². The van der Waals surface area contributed by atoms with E-state index in [1.807, 2.05) is 37.3 Å². The van der Waals surface area contributed by atoms with Crippen LogP contribution in [0, 0.1) is 0 Å². The lowest BCUT2D eigenvalue weighted by Gasteiger charge is -2.17. The van der Waals surface area contributed by atoms with Crippen molar-refractivity contribution < 1.29 is 9.59 Å². The van der Waals surface area contributed by atoms with Crippen LogP contribution in [0.5, 0.6) is 0 Å². The number of nitrogens with one attached hydrogen (secondary N) is 2. The summed E-state index contributed by atoms with van der Waals surface area (Å²) in [5.41, 5.74) is 1.46. The highest BCUT2D eigenvalue weighted by Crippen LogP contribution is 2.15. The summed E-state index contributed by atoms with van der Waals surface area (Å²) >= 11 is 0. The standard InChI is InChI=1S/C18H21N5O2/c1-2-19-18-20-9-14(10-21-18)17(25)22-15-8-16(24)23(12-15)11-13-6-4-3-5-7-13/h3-7,9-10,15H,2,8,11-12H2,1H3,(H,22,25)(H,19,20,21)/t15-/m0/s1. The molecule has 0 saturated carbocycles. The van der Waals surface area contributed by atoms with Crippen molar-refractivity contribution in [3.05, 3.63) is 53.9 Å². The highest BCUT2D eigenvalue weighted by molar-refractivity contribution is 5.94. The highest BCUT2D eigenvalue weighted by atomic mass is 16.2. The van der Waals surface area contributed by atoms with Crippen LogP contribution >= 0.6 is 0 Å². The summed E-state index contributed by atoms with van der Waals surface area (Å²) in [5, 5.41) is 5.87. The van der Waals surface area contributed by atoms with E-state index in [0.717, 1.165) is 5.56 Å². The molecule has 1 aromatic heterocycles. The number of anilines is 1. The minimum Gasteiger partial charge on any atom is -0.355 e. The van der Waals surface area contributed by atoms with E-state index < -0.39 is 0 Å². The molecule has 0 radical (unpaired) electrons. The van der Waals surface area contributed by atoms with Crippen molar-refractivity contribution in [2.45, 2.75) is 25.9 Å². The molecule has 2 amide bonds. The summed E-state index contributed by atoms with van der Waals surface area (Å²) in [6, 6.07) is 9.63. The zero-order valence-electron chi connectivity index (χ0n) is 14.1. The smallest absolute Gasteiger partial charge is 0.254 e. The van der Waals surface area contributed by atoms with E-state index in [1.165, 1.54) is 12.4 Å². The highest BCUT2D eigenvalue weighted by Gasteiger charge is 2.30. The van der Waals surface area contributed by atoms with Gasteiger partial charge in [0.25, 0.3) is 5.91 Å². The van der Waals surface area contributed by atoms with E-state index >= 15 is 0 Å². The zero-order chi connectivity index (χ0) is 17.6. The van der Waals surface area contributed by atoms with E-state index in [4.69, 9.17) is 0 Å². The van der Waals surface area contributed by atoms with Crippen molar-refractivity contribution in [1.29, 1.82) is 0 Å². The first-order chi connectivity index (χ1) is 12.2. The van der Waals surface area contributed by atoms with Gasteiger partial charge in [-0.15, -0.1) is 0 Å². The largest absolute Gasteiger partial charge is 0.355 e. The second kappa shape index (κ2) is 7.74. The van der Waals surface area contributed by atoms with Gasteiger partial charge >= 0.3 is 0 Å². The van der Waals surface area contributed by atoms with E-state index in [0.29, 0.717) is 37.6 Å². The van der Waals surface area contributed by atoms with E-state index in [2.05, 4.69) is 20.6 Å². The van der Waals surface area contributed by atoms with Crippen LogP contribution in [-0.2, 0) is 11.3 Å². The molecule has 3 rings (SSSR count). The molecular formula is C18H21N5O2. The first kappa shape index (κ1) is 16.9. The second-order valence-corrected chi connectivity index (χ2v) is 5.96. The van der Waals surface area contributed by atoms with Crippen LogP contribution in [0.4, 0.5) is 5.95 Å². The number of hydrogen-bond donors (Lipinski definition) is 2. The normalized spacial score (nSPS) is 16.8.